The van der Waals surface area contributed by atoms with Crippen molar-refractivity contribution in [1.29, 1.82) is 0 Å². The molecule has 1 atom stereocenters. The van der Waals surface area contributed by atoms with Crippen molar-refractivity contribution in [2.24, 2.45) is 0 Å². The largest absolute Gasteiger partial charge is 0.491 e. The highest BCUT2D eigenvalue weighted by atomic mass is 79.9. The minimum Gasteiger partial charge on any atom is -0.491 e. The van der Waals surface area contributed by atoms with Crippen LogP contribution in [0.4, 0.5) is 4.39 Å². The predicted octanol–water partition coefficient (Wildman–Crippen LogP) is 4.22. The third-order valence-electron chi connectivity index (χ3n) is 2.73. The lowest BCUT2D eigenvalue weighted by Gasteiger charge is -2.13. The first kappa shape index (κ1) is 15.3. The van der Waals surface area contributed by atoms with Crippen molar-refractivity contribution in [2.45, 2.75) is 12.5 Å². The van der Waals surface area contributed by atoms with Gasteiger partial charge < -0.3 is 9.84 Å². The van der Waals surface area contributed by atoms with E-state index in [1.165, 1.54) is 6.07 Å². The fourth-order valence-corrected chi connectivity index (χ4v) is 2.18. The topological polar surface area (TPSA) is 29.5 Å². The van der Waals surface area contributed by atoms with Gasteiger partial charge in [0.2, 0.25) is 0 Å². The van der Waals surface area contributed by atoms with E-state index in [4.69, 9.17) is 16.3 Å². The number of aliphatic hydroxyl groups excluding tert-OH is 1. The second-order valence-electron chi connectivity index (χ2n) is 4.36. The number of rotatable bonds is 5. The third kappa shape index (κ3) is 4.47. The first-order valence-corrected chi connectivity index (χ1v) is 7.22. The van der Waals surface area contributed by atoms with Crippen molar-refractivity contribution in [3.8, 4) is 5.75 Å². The van der Waals surface area contributed by atoms with Crippen LogP contribution in [0.5, 0.6) is 5.75 Å². The predicted molar refractivity (Wildman–Crippen MR) is 80.8 cm³/mol. The lowest BCUT2D eigenvalue weighted by molar-refractivity contribution is 0.107. The average molecular weight is 360 g/mol. The summed E-state index contributed by atoms with van der Waals surface area (Å²) in [7, 11) is 0. The molecule has 1 N–H and O–H groups in total. The molecule has 0 aliphatic carbocycles. The van der Waals surface area contributed by atoms with Crippen LogP contribution in [0.25, 0.3) is 0 Å². The summed E-state index contributed by atoms with van der Waals surface area (Å²) in [6.45, 7) is 0.0944. The minimum atomic E-state index is -0.777. The van der Waals surface area contributed by atoms with E-state index in [0.29, 0.717) is 20.8 Å². The van der Waals surface area contributed by atoms with Crippen LogP contribution in [-0.4, -0.2) is 17.8 Å². The Kier molecular flexibility index (Phi) is 5.40. The number of halogens is 3. The van der Waals surface area contributed by atoms with Crippen molar-refractivity contribution < 1.29 is 14.2 Å². The molecule has 2 nitrogen and oxygen atoms in total. The van der Waals surface area contributed by atoms with Gasteiger partial charge in [-0.15, -0.1) is 0 Å². The molecule has 2 aromatic carbocycles. The maximum atomic E-state index is 13.6. The van der Waals surface area contributed by atoms with Crippen LogP contribution >= 0.6 is 27.5 Å². The van der Waals surface area contributed by atoms with Gasteiger partial charge in [0.1, 0.15) is 18.2 Å². The van der Waals surface area contributed by atoms with Crippen molar-refractivity contribution in [3.63, 3.8) is 0 Å². The Morgan fingerprint density at radius 2 is 1.90 bits per heavy atom. The SMILES string of the molecule is OC(COc1ccc(Cl)cc1)Cc1ccc(Br)cc1F. The van der Waals surface area contributed by atoms with E-state index in [1.807, 2.05) is 0 Å². The van der Waals surface area contributed by atoms with E-state index in [2.05, 4.69) is 15.9 Å². The normalized spacial score (nSPS) is 12.2. The van der Waals surface area contributed by atoms with Crippen LogP contribution in [0.3, 0.4) is 0 Å². The van der Waals surface area contributed by atoms with Gasteiger partial charge >= 0.3 is 0 Å². The summed E-state index contributed by atoms with van der Waals surface area (Å²) in [5.74, 6) is 0.273. The van der Waals surface area contributed by atoms with Gasteiger partial charge in [-0.1, -0.05) is 33.6 Å². The fourth-order valence-electron chi connectivity index (χ4n) is 1.72. The lowest BCUT2D eigenvalue weighted by atomic mass is 10.1. The third-order valence-corrected chi connectivity index (χ3v) is 3.47. The molecule has 20 heavy (non-hydrogen) atoms. The van der Waals surface area contributed by atoms with E-state index >= 15 is 0 Å². The Labute approximate surface area is 130 Å². The molecule has 0 fully saturated rings. The second kappa shape index (κ2) is 7.07. The Balaban J connectivity index is 1.89. The van der Waals surface area contributed by atoms with Gasteiger partial charge in [-0.05, 0) is 42.0 Å². The summed E-state index contributed by atoms with van der Waals surface area (Å²) in [6, 6.07) is 11.6. The van der Waals surface area contributed by atoms with Gasteiger partial charge in [0.25, 0.3) is 0 Å². The number of aliphatic hydroxyl groups is 1. The molecule has 0 heterocycles. The molecule has 0 spiro atoms. The number of hydrogen-bond donors (Lipinski definition) is 1. The van der Waals surface area contributed by atoms with Crippen molar-refractivity contribution >= 4 is 27.5 Å². The van der Waals surface area contributed by atoms with Gasteiger partial charge in [0.05, 0.1) is 6.10 Å². The number of ether oxygens (including phenoxy) is 1. The highest BCUT2D eigenvalue weighted by molar-refractivity contribution is 9.10. The molecule has 0 aliphatic rings. The Morgan fingerprint density at radius 1 is 1.20 bits per heavy atom. The van der Waals surface area contributed by atoms with E-state index in [-0.39, 0.29) is 18.8 Å². The summed E-state index contributed by atoms with van der Waals surface area (Å²) in [6.07, 6.45) is -0.575. The van der Waals surface area contributed by atoms with E-state index in [9.17, 15) is 9.50 Å². The number of benzene rings is 2. The van der Waals surface area contributed by atoms with Crippen LogP contribution < -0.4 is 4.74 Å². The Bertz CT molecular complexity index is 575. The van der Waals surface area contributed by atoms with Gasteiger partial charge in [-0.3, -0.25) is 0 Å². The van der Waals surface area contributed by atoms with Crippen LogP contribution in [0.1, 0.15) is 5.56 Å². The molecule has 2 rings (SSSR count). The number of hydrogen-bond acceptors (Lipinski definition) is 2. The van der Waals surface area contributed by atoms with Crippen LogP contribution in [0.15, 0.2) is 46.9 Å². The maximum absolute atomic E-state index is 13.6. The minimum absolute atomic E-state index is 0.0944. The molecule has 106 valence electrons. The van der Waals surface area contributed by atoms with Crippen LogP contribution in [0.2, 0.25) is 5.02 Å². The molecule has 0 saturated carbocycles. The summed E-state index contributed by atoms with van der Waals surface area (Å²) in [5.41, 5.74) is 0.459. The highest BCUT2D eigenvalue weighted by Gasteiger charge is 2.10. The molecular formula is C15H13BrClFO2. The van der Waals surface area contributed by atoms with Gasteiger partial charge in [0.15, 0.2) is 0 Å². The van der Waals surface area contributed by atoms with E-state index < -0.39 is 6.10 Å². The fraction of sp³-hybridized carbons (Fsp3) is 0.200. The molecule has 1 unspecified atom stereocenters. The van der Waals surface area contributed by atoms with Crippen LogP contribution in [0, 0.1) is 5.82 Å². The molecule has 5 heteroatoms. The van der Waals surface area contributed by atoms with Gasteiger partial charge in [-0.2, -0.15) is 0 Å². The average Bonchev–Trinajstić information content (AvgIpc) is 2.41. The molecular weight excluding hydrogens is 347 g/mol. The summed E-state index contributed by atoms with van der Waals surface area (Å²) in [5, 5.41) is 10.5. The lowest BCUT2D eigenvalue weighted by Crippen LogP contribution is -2.20. The smallest absolute Gasteiger partial charge is 0.127 e. The van der Waals surface area contributed by atoms with E-state index in [0.717, 1.165) is 0 Å². The quantitative estimate of drug-likeness (QED) is 0.866. The maximum Gasteiger partial charge on any atom is 0.127 e. The molecule has 0 aromatic heterocycles. The first-order chi connectivity index (χ1) is 9.54. The van der Waals surface area contributed by atoms with E-state index in [1.54, 1.807) is 36.4 Å². The molecule has 0 amide bonds. The zero-order valence-electron chi connectivity index (χ0n) is 10.5. The highest BCUT2D eigenvalue weighted by Crippen LogP contribution is 2.18. The first-order valence-electron chi connectivity index (χ1n) is 6.05. The molecule has 0 radical (unpaired) electrons. The molecule has 0 saturated heterocycles. The second-order valence-corrected chi connectivity index (χ2v) is 5.71. The zero-order chi connectivity index (χ0) is 14.5. The monoisotopic (exact) mass is 358 g/mol. The van der Waals surface area contributed by atoms with Crippen molar-refractivity contribution in [3.05, 3.63) is 63.3 Å². The standard InChI is InChI=1S/C15H13BrClFO2/c16-11-2-1-10(15(18)8-11)7-13(19)9-20-14-5-3-12(17)4-6-14/h1-6,8,13,19H,7,9H2. The molecule has 0 bridgehead atoms. The summed E-state index contributed by atoms with van der Waals surface area (Å²) >= 11 is 8.95. The summed E-state index contributed by atoms with van der Waals surface area (Å²) < 4.78 is 19.7. The van der Waals surface area contributed by atoms with Gasteiger partial charge in [-0.25, -0.2) is 4.39 Å². The Hall–Kier alpha value is -1.10. The summed E-state index contributed by atoms with van der Waals surface area (Å²) in [4.78, 5) is 0. The van der Waals surface area contributed by atoms with Crippen molar-refractivity contribution in [2.75, 3.05) is 6.61 Å². The zero-order valence-corrected chi connectivity index (χ0v) is 12.9. The van der Waals surface area contributed by atoms with Gasteiger partial charge in [0, 0.05) is 15.9 Å². The van der Waals surface area contributed by atoms with Crippen molar-refractivity contribution in [1.82, 2.24) is 0 Å². The Morgan fingerprint density at radius 3 is 2.55 bits per heavy atom. The molecule has 2 aromatic rings. The van der Waals surface area contributed by atoms with Crippen LogP contribution in [-0.2, 0) is 6.42 Å². The molecule has 0 aliphatic heterocycles.